The number of anilines is 2. The monoisotopic (exact) mass is 465 g/mol. The van der Waals surface area contributed by atoms with Gasteiger partial charge in [0.15, 0.2) is 5.75 Å². The molecule has 0 saturated carbocycles. The number of hydrogen-bond acceptors (Lipinski definition) is 9. The average molecular weight is 465 g/mol. The number of nitrogens with zero attached hydrogens (tertiary/aromatic N) is 5. The second kappa shape index (κ2) is 8.40. The van der Waals surface area contributed by atoms with E-state index in [4.69, 9.17) is 9.47 Å². The van der Waals surface area contributed by atoms with Gasteiger partial charge in [-0.15, -0.1) is 0 Å². The smallest absolute Gasteiger partial charge is 0.326 e. The number of nitrogens with one attached hydrogen (secondary N) is 2. The van der Waals surface area contributed by atoms with Crippen LogP contribution in [0.3, 0.4) is 0 Å². The number of rotatable bonds is 5. The van der Waals surface area contributed by atoms with Crippen molar-refractivity contribution in [2.45, 2.75) is 13.8 Å². The van der Waals surface area contributed by atoms with Crippen molar-refractivity contribution >= 4 is 39.4 Å². The Balaban J connectivity index is 1.68. The van der Waals surface area contributed by atoms with E-state index >= 15 is 0 Å². The van der Waals surface area contributed by atoms with Crippen LogP contribution in [0.2, 0.25) is 0 Å². The topological polar surface area (TPSA) is 118 Å². The van der Waals surface area contributed by atoms with Crippen LogP contribution >= 0.6 is 0 Å². The van der Waals surface area contributed by atoms with Gasteiger partial charge in [0.2, 0.25) is 0 Å². The van der Waals surface area contributed by atoms with Crippen molar-refractivity contribution in [3.05, 3.63) is 36.2 Å². The summed E-state index contributed by atoms with van der Waals surface area (Å²) in [6, 6.07) is 2.95. The normalized spacial score (nSPS) is 18.0. The summed E-state index contributed by atoms with van der Waals surface area (Å²) in [6.45, 7) is 4.75. The van der Waals surface area contributed by atoms with E-state index in [2.05, 4.69) is 30.2 Å². The number of ether oxygens (including phenoxy) is 2. The zero-order valence-corrected chi connectivity index (χ0v) is 19.2. The number of halogens is 1. The van der Waals surface area contributed by atoms with Gasteiger partial charge < -0.3 is 24.7 Å². The molecule has 0 radical (unpaired) electrons. The first-order chi connectivity index (χ1) is 16.4. The fourth-order valence-corrected chi connectivity index (χ4v) is 4.43. The Bertz CT molecular complexity index is 1390. The zero-order valence-electron chi connectivity index (χ0n) is 19.2. The molecule has 10 nitrogen and oxygen atoms in total. The van der Waals surface area contributed by atoms with Crippen LogP contribution in [0.4, 0.5) is 15.9 Å². The molecule has 3 aromatic heterocycles. The molecule has 2 unspecified atom stereocenters. The molecule has 0 amide bonds. The number of benzene rings is 1. The van der Waals surface area contributed by atoms with E-state index in [1.165, 1.54) is 19.2 Å². The second-order valence-corrected chi connectivity index (χ2v) is 8.38. The SMILES string of the molecule is CNc1cc(F)cc2c1[nH]c1nc(Oc3cnc(C)nc3)nc(N3CC(C)C(C(=O)OC)C3)c12. The maximum Gasteiger partial charge on any atom is 0.326 e. The lowest BCUT2D eigenvalue weighted by atomic mass is 9.99. The second-order valence-electron chi connectivity index (χ2n) is 8.38. The number of aromatic nitrogens is 5. The van der Waals surface area contributed by atoms with Crippen molar-refractivity contribution in [1.29, 1.82) is 0 Å². The fraction of sp³-hybridized carbons (Fsp3) is 0.348. The van der Waals surface area contributed by atoms with E-state index in [9.17, 15) is 9.18 Å². The van der Waals surface area contributed by atoms with E-state index in [1.807, 2.05) is 11.8 Å². The summed E-state index contributed by atoms with van der Waals surface area (Å²) in [5.41, 5.74) is 1.77. The lowest BCUT2D eigenvalue weighted by Crippen LogP contribution is -2.25. The molecule has 1 saturated heterocycles. The molecular formula is C23H24FN7O3. The van der Waals surface area contributed by atoms with Gasteiger partial charge in [-0.05, 0) is 25.0 Å². The predicted molar refractivity (Wildman–Crippen MR) is 125 cm³/mol. The number of carbonyl (C=O) groups excluding carboxylic acids is 1. The van der Waals surface area contributed by atoms with Crippen LogP contribution in [-0.4, -0.2) is 58.1 Å². The number of aryl methyl sites for hydroxylation is 1. The fourth-order valence-electron chi connectivity index (χ4n) is 4.43. The number of carbonyl (C=O) groups is 1. The summed E-state index contributed by atoms with van der Waals surface area (Å²) in [4.78, 5) is 35.1. The van der Waals surface area contributed by atoms with Gasteiger partial charge in [0.1, 0.15) is 23.1 Å². The molecule has 4 heterocycles. The molecule has 1 aliphatic rings. The molecule has 11 heteroatoms. The average Bonchev–Trinajstić information content (AvgIpc) is 3.39. The lowest BCUT2D eigenvalue weighted by Gasteiger charge is -2.19. The molecule has 4 aromatic rings. The number of aromatic amines is 1. The highest BCUT2D eigenvalue weighted by Crippen LogP contribution is 2.39. The highest BCUT2D eigenvalue weighted by molar-refractivity contribution is 6.14. The Morgan fingerprint density at radius 2 is 2.00 bits per heavy atom. The number of hydrogen-bond donors (Lipinski definition) is 2. The van der Waals surface area contributed by atoms with Gasteiger partial charge in [-0.1, -0.05) is 6.92 Å². The highest BCUT2D eigenvalue weighted by atomic mass is 19.1. The van der Waals surface area contributed by atoms with Gasteiger partial charge >= 0.3 is 12.0 Å². The van der Waals surface area contributed by atoms with E-state index < -0.39 is 0 Å². The summed E-state index contributed by atoms with van der Waals surface area (Å²) in [6.07, 6.45) is 3.08. The molecule has 0 bridgehead atoms. The first kappa shape index (κ1) is 21.8. The summed E-state index contributed by atoms with van der Waals surface area (Å²) < 4.78 is 25.3. The Labute approximate surface area is 194 Å². The van der Waals surface area contributed by atoms with Crippen molar-refractivity contribution in [3.8, 4) is 11.8 Å². The van der Waals surface area contributed by atoms with Crippen molar-refractivity contribution in [1.82, 2.24) is 24.9 Å². The minimum absolute atomic E-state index is 0.0437. The van der Waals surface area contributed by atoms with Gasteiger partial charge in [-0.25, -0.2) is 14.4 Å². The standard InChI is InChI=1S/C23H24FN7O3/c1-11-9-31(10-16(11)22(32)33-4)21-18-15-5-13(24)6-17(25-3)19(15)28-20(18)29-23(30-21)34-14-7-26-12(2)27-8-14/h5-8,11,16,25H,9-10H2,1-4H3,(H,28,29,30). The molecule has 2 atom stereocenters. The van der Waals surface area contributed by atoms with E-state index in [1.54, 1.807) is 26.4 Å². The van der Waals surface area contributed by atoms with E-state index in [0.717, 1.165) is 0 Å². The molecule has 1 fully saturated rings. The Hall–Kier alpha value is -4.02. The van der Waals surface area contributed by atoms with Crippen LogP contribution in [0.15, 0.2) is 24.5 Å². The largest absolute Gasteiger partial charge is 0.469 e. The molecule has 1 aromatic carbocycles. The molecule has 1 aliphatic heterocycles. The first-order valence-electron chi connectivity index (χ1n) is 10.9. The lowest BCUT2D eigenvalue weighted by molar-refractivity contribution is -0.145. The zero-order chi connectivity index (χ0) is 24.0. The van der Waals surface area contributed by atoms with Crippen molar-refractivity contribution in [2.75, 3.05) is 37.5 Å². The molecule has 2 N–H and O–H groups in total. The van der Waals surface area contributed by atoms with Gasteiger partial charge in [-0.3, -0.25) is 4.79 Å². The highest BCUT2D eigenvalue weighted by Gasteiger charge is 2.37. The molecule has 34 heavy (non-hydrogen) atoms. The first-order valence-corrected chi connectivity index (χ1v) is 10.9. The summed E-state index contributed by atoms with van der Waals surface area (Å²) in [7, 11) is 3.11. The molecular weight excluding hydrogens is 441 g/mol. The maximum absolute atomic E-state index is 14.5. The summed E-state index contributed by atoms with van der Waals surface area (Å²) in [5, 5.41) is 4.30. The molecule has 176 valence electrons. The quantitative estimate of drug-likeness (QED) is 0.427. The van der Waals surface area contributed by atoms with Crippen molar-refractivity contribution in [3.63, 3.8) is 0 Å². The minimum Gasteiger partial charge on any atom is -0.469 e. The summed E-state index contributed by atoms with van der Waals surface area (Å²) >= 11 is 0. The van der Waals surface area contributed by atoms with Crippen LogP contribution in [0.5, 0.6) is 11.8 Å². The van der Waals surface area contributed by atoms with Gasteiger partial charge in [0.25, 0.3) is 0 Å². The van der Waals surface area contributed by atoms with Crippen LogP contribution in [0.25, 0.3) is 21.9 Å². The maximum atomic E-state index is 14.5. The number of methoxy groups -OCH3 is 1. The number of H-pyrrole nitrogens is 1. The van der Waals surface area contributed by atoms with Crippen LogP contribution in [-0.2, 0) is 9.53 Å². The van der Waals surface area contributed by atoms with Gasteiger partial charge in [-0.2, -0.15) is 9.97 Å². The van der Waals surface area contributed by atoms with Crippen molar-refractivity contribution < 1.29 is 18.7 Å². The van der Waals surface area contributed by atoms with Crippen LogP contribution in [0, 0.1) is 24.6 Å². The Kier molecular flexibility index (Phi) is 5.39. The Morgan fingerprint density at radius 3 is 2.71 bits per heavy atom. The Morgan fingerprint density at radius 1 is 1.24 bits per heavy atom. The number of esters is 1. The predicted octanol–water partition coefficient (Wildman–Crippen LogP) is 3.43. The van der Waals surface area contributed by atoms with Gasteiger partial charge in [0.05, 0.1) is 42.0 Å². The van der Waals surface area contributed by atoms with Crippen molar-refractivity contribution in [2.24, 2.45) is 11.8 Å². The van der Waals surface area contributed by atoms with Crippen LogP contribution < -0.4 is 15.0 Å². The number of fused-ring (bicyclic) bond motifs is 3. The van der Waals surface area contributed by atoms with Gasteiger partial charge in [0, 0.05) is 25.5 Å². The molecule has 0 spiro atoms. The third kappa shape index (κ3) is 3.72. The van der Waals surface area contributed by atoms with E-state index in [0.29, 0.717) is 58.1 Å². The minimum atomic E-state index is -0.386. The summed E-state index contributed by atoms with van der Waals surface area (Å²) in [5.74, 6) is 0.629. The third-order valence-corrected chi connectivity index (χ3v) is 6.14. The third-order valence-electron chi connectivity index (χ3n) is 6.14. The molecule has 5 rings (SSSR count). The van der Waals surface area contributed by atoms with Crippen LogP contribution in [0.1, 0.15) is 12.7 Å². The van der Waals surface area contributed by atoms with E-state index in [-0.39, 0.29) is 29.6 Å². The molecule has 0 aliphatic carbocycles.